The zero-order valence-corrected chi connectivity index (χ0v) is 4.51. The molecule has 6 nitrogen and oxygen atoms in total. The molecule has 0 heterocycles. The highest BCUT2D eigenvalue weighted by molar-refractivity contribution is 7.45. The summed E-state index contributed by atoms with van der Waals surface area (Å²) in [6.45, 7) is 0. The summed E-state index contributed by atoms with van der Waals surface area (Å²) in [5.74, 6) is 0. The fraction of sp³-hybridized carbons (Fsp3) is 0. The molecular formula is H12AlN2O4P. The topological polar surface area (TPSA) is 148 Å². The first kappa shape index (κ1) is 23.5. The molecule has 0 aliphatic carbocycles. The van der Waals surface area contributed by atoms with Crippen molar-refractivity contribution in [1.29, 1.82) is 0 Å². The van der Waals surface area contributed by atoms with Crippen molar-refractivity contribution in [2.24, 2.45) is 0 Å². The molecule has 0 saturated carbocycles. The fourth-order valence-corrected chi connectivity index (χ4v) is 0. The van der Waals surface area contributed by atoms with Gasteiger partial charge in [-0.1, -0.05) is 0 Å². The second-order valence-corrected chi connectivity index (χ2v) is 1.54. The highest BCUT2D eigenvalue weighted by atomic mass is 31.2. The largest absolute Gasteiger partial charge is 0.466 e. The maximum Gasteiger partial charge on any atom is 0.466 e. The summed E-state index contributed by atoms with van der Waals surface area (Å²) in [7, 11) is -4.64. The summed E-state index contributed by atoms with van der Waals surface area (Å²) in [6, 6.07) is 0. The zero-order valence-electron chi connectivity index (χ0n) is 3.61. The van der Waals surface area contributed by atoms with Gasteiger partial charge in [0.2, 0.25) is 0 Å². The van der Waals surface area contributed by atoms with Crippen LogP contribution in [0.4, 0.5) is 0 Å². The highest BCUT2D eigenvalue weighted by Crippen LogP contribution is 2.25. The first-order valence-electron chi connectivity index (χ1n) is 0.783. The van der Waals surface area contributed by atoms with Crippen LogP contribution in [0.15, 0.2) is 0 Å². The Labute approximate surface area is 57.5 Å². The van der Waals surface area contributed by atoms with Crippen molar-refractivity contribution in [3.8, 4) is 0 Å². The van der Waals surface area contributed by atoms with E-state index < -0.39 is 7.82 Å². The van der Waals surface area contributed by atoms with Gasteiger partial charge in [-0.25, -0.2) is 4.57 Å². The Hall–Kier alpha value is 0.562. The third kappa shape index (κ3) is 642. The molecule has 0 saturated heterocycles. The van der Waals surface area contributed by atoms with E-state index in [0.717, 1.165) is 0 Å². The highest BCUT2D eigenvalue weighted by Gasteiger charge is 2.00. The van der Waals surface area contributed by atoms with Gasteiger partial charge in [0.25, 0.3) is 0 Å². The van der Waals surface area contributed by atoms with Gasteiger partial charge in [-0.2, -0.15) is 0 Å². The predicted molar refractivity (Wildman–Crippen MR) is 34.2 cm³/mol. The molecular weight excluding hydrogens is 150 g/mol. The Morgan fingerprint density at radius 3 is 1.00 bits per heavy atom. The smallest absolute Gasteiger partial charge is 0.344 e. The van der Waals surface area contributed by atoms with E-state index >= 15 is 0 Å². The van der Waals surface area contributed by atoms with Crippen LogP contribution in [0.25, 0.3) is 0 Å². The molecule has 0 fully saturated rings. The van der Waals surface area contributed by atoms with Crippen molar-refractivity contribution in [2.45, 2.75) is 0 Å². The average molecular weight is 162 g/mol. The van der Waals surface area contributed by atoms with Gasteiger partial charge in [0.1, 0.15) is 0 Å². The SMILES string of the molecule is N.N.O=P(O)(O)O.[AlH3]. The molecule has 0 radical (unpaired) electrons. The summed E-state index contributed by atoms with van der Waals surface area (Å²) in [5.41, 5.74) is 0. The fourth-order valence-electron chi connectivity index (χ4n) is 0. The Morgan fingerprint density at radius 1 is 1.00 bits per heavy atom. The van der Waals surface area contributed by atoms with Gasteiger partial charge < -0.3 is 27.0 Å². The molecule has 0 spiro atoms. The van der Waals surface area contributed by atoms with Crippen LogP contribution in [0, 0.1) is 0 Å². The second-order valence-electron chi connectivity index (χ2n) is 0.513. The summed E-state index contributed by atoms with van der Waals surface area (Å²) in [5, 5.41) is 0. The average Bonchev–Trinajstić information content (AvgIpc) is 0.722. The van der Waals surface area contributed by atoms with Crippen LogP contribution in [0.3, 0.4) is 0 Å². The normalized spacial score (nSPS) is 7.38. The van der Waals surface area contributed by atoms with Gasteiger partial charge in [-0.15, -0.1) is 0 Å². The van der Waals surface area contributed by atoms with Crippen LogP contribution in [0.5, 0.6) is 0 Å². The van der Waals surface area contributed by atoms with Crippen LogP contribution in [-0.4, -0.2) is 32.0 Å². The lowest BCUT2D eigenvalue weighted by Gasteiger charge is -1.82. The second kappa shape index (κ2) is 7.56. The molecule has 0 aromatic rings. The Morgan fingerprint density at radius 2 is 1.00 bits per heavy atom. The molecule has 8 heteroatoms. The van der Waals surface area contributed by atoms with Crippen molar-refractivity contribution in [3.63, 3.8) is 0 Å². The third-order valence-electron chi connectivity index (χ3n) is 0. The van der Waals surface area contributed by atoms with Gasteiger partial charge in [0.05, 0.1) is 0 Å². The summed E-state index contributed by atoms with van der Waals surface area (Å²) < 4.78 is 8.88. The van der Waals surface area contributed by atoms with Gasteiger partial charge in [0.15, 0.2) is 17.4 Å². The molecule has 0 rings (SSSR count). The molecule has 0 atom stereocenters. The van der Waals surface area contributed by atoms with Crippen LogP contribution < -0.4 is 12.3 Å². The molecule has 0 unspecified atom stereocenters. The van der Waals surface area contributed by atoms with Crippen molar-refractivity contribution in [2.75, 3.05) is 0 Å². The van der Waals surface area contributed by atoms with Gasteiger partial charge in [0, 0.05) is 0 Å². The molecule has 0 aromatic carbocycles. The van der Waals surface area contributed by atoms with Crippen molar-refractivity contribution in [3.05, 3.63) is 0 Å². The lowest BCUT2D eigenvalue weighted by atomic mass is 14.0. The molecule has 9 N–H and O–H groups in total. The van der Waals surface area contributed by atoms with Crippen LogP contribution >= 0.6 is 7.82 Å². The minimum absolute atomic E-state index is 0. The minimum Gasteiger partial charge on any atom is -0.344 e. The third-order valence-corrected chi connectivity index (χ3v) is 0. The Balaban J connectivity index is -0.0000000267. The lowest BCUT2D eigenvalue weighted by molar-refractivity contribution is 0.275. The maximum atomic E-state index is 8.88. The number of hydrogen-bond acceptors (Lipinski definition) is 3. The molecule has 8 heavy (non-hydrogen) atoms. The monoisotopic (exact) mass is 162 g/mol. The van der Waals surface area contributed by atoms with E-state index in [1.54, 1.807) is 0 Å². The summed E-state index contributed by atoms with van der Waals surface area (Å²) >= 11 is 0. The molecule has 0 aliphatic rings. The number of hydrogen-bond donors (Lipinski definition) is 5. The molecule has 0 amide bonds. The summed E-state index contributed by atoms with van der Waals surface area (Å²) in [4.78, 5) is 21.6. The first-order chi connectivity index (χ1) is 2.00. The quantitative estimate of drug-likeness (QED) is 0.210. The van der Waals surface area contributed by atoms with E-state index in [2.05, 4.69) is 0 Å². The van der Waals surface area contributed by atoms with E-state index in [0.29, 0.717) is 0 Å². The molecule has 0 bridgehead atoms. The number of rotatable bonds is 0. The lowest BCUT2D eigenvalue weighted by Crippen LogP contribution is -1.66. The van der Waals surface area contributed by atoms with Crippen LogP contribution in [0.2, 0.25) is 0 Å². The van der Waals surface area contributed by atoms with E-state index in [1.165, 1.54) is 0 Å². The Kier molecular flexibility index (Phi) is 22.2. The molecule has 54 valence electrons. The van der Waals surface area contributed by atoms with Crippen molar-refractivity contribution >= 4 is 25.2 Å². The predicted octanol–water partition coefficient (Wildman–Crippen LogP) is -1.79. The molecule has 0 aromatic heterocycles. The van der Waals surface area contributed by atoms with Crippen LogP contribution in [-0.2, 0) is 4.57 Å². The minimum atomic E-state index is -4.64. The van der Waals surface area contributed by atoms with Crippen molar-refractivity contribution < 1.29 is 19.2 Å². The number of phosphoric acid groups is 1. The first-order valence-corrected chi connectivity index (χ1v) is 2.35. The molecule has 0 aliphatic heterocycles. The van der Waals surface area contributed by atoms with Gasteiger partial charge in [-0.3, -0.25) is 0 Å². The van der Waals surface area contributed by atoms with Gasteiger partial charge >= 0.3 is 7.82 Å². The zero-order chi connectivity index (χ0) is 4.50. The van der Waals surface area contributed by atoms with E-state index in [1.807, 2.05) is 0 Å². The standard InChI is InChI=1S/Al.2H3N.H3O4P.3H/c;;;1-5(2,3)4;;;/h;2*1H3;(H3,1,2,3,4);;;. The Bertz CT molecular complexity index is 60.2. The maximum absolute atomic E-state index is 8.88. The van der Waals surface area contributed by atoms with E-state index in [4.69, 9.17) is 19.2 Å². The van der Waals surface area contributed by atoms with Crippen LogP contribution in [0.1, 0.15) is 0 Å². The van der Waals surface area contributed by atoms with Gasteiger partial charge in [-0.05, 0) is 0 Å². The summed E-state index contributed by atoms with van der Waals surface area (Å²) in [6.07, 6.45) is 0. The van der Waals surface area contributed by atoms with Crippen molar-refractivity contribution in [1.82, 2.24) is 12.3 Å². The van der Waals surface area contributed by atoms with E-state index in [9.17, 15) is 0 Å². The van der Waals surface area contributed by atoms with E-state index in [-0.39, 0.29) is 29.7 Å².